The molecular formula is C9H8Br2N2O. The second kappa shape index (κ2) is 5.26. The van der Waals surface area contributed by atoms with Gasteiger partial charge in [0.15, 0.2) is 0 Å². The van der Waals surface area contributed by atoms with Crippen LogP contribution in [0.2, 0.25) is 0 Å². The fraction of sp³-hybridized carbons (Fsp3) is 0.111. The van der Waals surface area contributed by atoms with Crippen molar-refractivity contribution in [1.29, 1.82) is 0 Å². The van der Waals surface area contributed by atoms with E-state index in [1.165, 1.54) is 0 Å². The summed E-state index contributed by atoms with van der Waals surface area (Å²) < 4.78 is 1.40. The Morgan fingerprint density at radius 3 is 2.93 bits per heavy atom. The Morgan fingerprint density at radius 2 is 2.36 bits per heavy atom. The summed E-state index contributed by atoms with van der Waals surface area (Å²) in [7, 11) is 0. The lowest BCUT2D eigenvalue weighted by molar-refractivity contribution is 0.0952. The predicted octanol–water partition coefficient (Wildman–Crippen LogP) is 2.48. The van der Waals surface area contributed by atoms with E-state index in [0.29, 0.717) is 16.7 Å². The maximum absolute atomic E-state index is 11.5. The summed E-state index contributed by atoms with van der Waals surface area (Å²) in [4.78, 5) is 15.5. The molecule has 0 bridgehead atoms. The van der Waals surface area contributed by atoms with Crippen LogP contribution in [0.25, 0.3) is 0 Å². The second-order valence-corrected chi connectivity index (χ2v) is 4.51. The first kappa shape index (κ1) is 11.4. The van der Waals surface area contributed by atoms with Gasteiger partial charge in [-0.1, -0.05) is 22.5 Å². The van der Waals surface area contributed by atoms with Crippen molar-refractivity contribution in [3.8, 4) is 0 Å². The van der Waals surface area contributed by atoms with Crippen molar-refractivity contribution >= 4 is 37.8 Å². The molecule has 0 aliphatic carbocycles. The molecule has 1 amide bonds. The van der Waals surface area contributed by atoms with Gasteiger partial charge in [-0.05, 0) is 28.1 Å². The highest BCUT2D eigenvalue weighted by Crippen LogP contribution is 2.12. The van der Waals surface area contributed by atoms with Gasteiger partial charge in [-0.15, -0.1) is 0 Å². The highest BCUT2D eigenvalue weighted by atomic mass is 79.9. The zero-order valence-electron chi connectivity index (χ0n) is 7.26. The van der Waals surface area contributed by atoms with E-state index in [-0.39, 0.29) is 5.91 Å². The third kappa shape index (κ3) is 3.23. The van der Waals surface area contributed by atoms with E-state index >= 15 is 0 Å². The summed E-state index contributed by atoms with van der Waals surface area (Å²) in [5, 5.41) is 2.66. The summed E-state index contributed by atoms with van der Waals surface area (Å²) >= 11 is 6.40. The van der Waals surface area contributed by atoms with Crippen LogP contribution in [-0.2, 0) is 0 Å². The van der Waals surface area contributed by atoms with Gasteiger partial charge in [0.25, 0.3) is 5.91 Å². The number of aromatic nitrogens is 1. The smallest absolute Gasteiger partial charge is 0.271 e. The predicted molar refractivity (Wildman–Crippen MR) is 62.3 cm³/mol. The molecule has 0 fully saturated rings. The first-order valence-corrected chi connectivity index (χ1v) is 5.42. The Labute approximate surface area is 98.9 Å². The molecule has 0 aliphatic heterocycles. The molecule has 14 heavy (non-hydrogen) atoms. The zero-order valence-corrected chi connectivity index (χ0v) is 10.4. The van der Waals surface area contributed by atoms with Crippen LogP contribution in [0.4, 0.5) is 0 Å². The fourth-order valence-electron chi connectivity index (χ4n) is 0.813. The third-order valence-electron chi connectivity index (χ3n) is 1.41. The SMILES string of the molecule is C=C(Br)CNC(=O)c1ncccc1Br. The van der Waals surface area contributed by atoms with Gasteiger partial charge in [-0.25, -0.2) is 4.98 Å². The number of rotatable bonds is 3. The van der Waals surface area contributed by atoms with Gasteiger partial charge in [0, 0.05) is 21.7 Å². The average Bonchev–Trinajstić information content (AvgIpc) is 2.15. The Morgan fingerprint density at radius 1 is 1.64 bits per heavy atom. The molecule has 1 rings (SSSR count). The number of pyridine rings is 1. The van der Waals surface area contributed by atoms with Gasteiger partial charge in [0.05, 0.1) is 0 Å². The molecule has 0 spiro atoms. The normalized spacial score (nSPS) is 9.57. The number of halogens is 2. The van der Waals surface area contributed by atoms with Crippen molar-refractivity contribution in [3.05, 3.63) is 39.6 Å². The summed E-state index contributed by atoms with van der Waals surface area (Å²) in [5.41, 5.74) is 0.376. The molecule has 0 aromatic carbocycles. The number of amides is 1. The van der Waals surface area contributed by atoms with Crippen LogP contribution >= 0.6 is 31.9 Å². The lowest BCUT2D eigenvalue weighted by atomic mass is 10.3. The highest BCUT2D eigenvalue weighted by molar-refractivity contribution is 9.11. The van der Waals surface area contributed by atoms with E-state index in [1.54, 1.807) is 18.3 Å². The minimum atomic E-state index is -0.224. The summed E-state index contributed by atoms with van der Waals surface area (Å²) in [6.07, 6.45) is 1.57. The van der Waals surface area contributed by atoms with E-state index in [0.717, 1.165) is 4.48 Å². The van der Waals surface area contributed by atoms with Crippen LogP contribution in [0.1, 0.15) is 10.5 Å². The van der Waals surface area contributed by atoms with Gasteiger partial charge >= 0.3 is 0 Å². The number of hydrogen-bond acceptors (Lipinski definition) is 2. The minimum Gasteiger partial charge on any atom is -0.346 e. The molecule has 74 valence electrons. The zero-order chi connectivity index (χ0) is 10.6. The maximum atomic E-state index is 11.5. The molecule has 3 nitrogen and oxygen atoms in total. The van der Waals surface area contributed by atoms with E-state index in [1.807, 2.05) is 0 Å². The number of nitrogens with one attached hydrogen (secondary N) is 1. The van der Waals surface area contributed by atoms with Gasteiger partial charge < -0.3 is 5.32 Å². The molecule has 0 radical (unpaired) electrons. The number of nitrogens with zero attached hydrogens (tertiary/aromatic N) is 1. The molecule has 0 unspecified atom stereocenters. The van der Waals surface area contributed by atoms with Gasteiger partial charge in [0.1, 0.15) is 5.69 Å². The van der Waals surface area contributed by atoms with Crippen molar-refractivity contribution in [2.75, 3.05) is 6.54 Å². The third-order valence-corrected chi connectivity index (χ3v) is 2.33. The Balaban J connectivity index is 2.70. The maximum Gasteiger partial charge on any atom is 0.271 e. The van der Waals surface area contributed by atoms with E-state index < -0.39 is 0 Å². The highest BCUT2D eigenvalue weighted by Gasteiger charge is 2.09. The molecule has 0 saturated carbocycles. The molecule has 1 N–H and O–H groups in total. The molecule has 0 aliphatic rings. The molecular weight excluding hydrogens is 312 g/mol. The van der Waals surface area contributed by atoms with Crippen LogP contribution in [-0.4, -0.2) is 17.4 Å². The van der Waals surface area contributed by atoms with Gasteiger partial charge in [0.2, 0.25) is 0 Å². The van der Waals surface area contributed by atoms with Crippen LogP contribution < -0.4 is 5.32 Å². The monoisotopic (exact) mass is 318 g/mol. The molecule has 1 heterocycles. The molecule has 0 atom stereocenters. The standard InChI is InChI=1S/C9H8Br2N2O/c1-6(10)5-13-9(14)8-7(11)3-2-4-12-8/h2-4H,1,5H2,(H,13,14). The van der Waals surface area contributed by atoms with Crippen molar-refractivity contribution < 1.29 is 4.79 Å². The topological polar surface area (TPSA) is 42.0 Å². The number of carbonyl (C=O) groups is 1. The first-order valence-electron chi connectivity index (χ1n) is 3.83. The number of hydrogen-bond donors (Lipinski definition) is 1. The van der Waals surface area contributed by atoms with Crippen LogP contribution in [0.5, 0.6) is 0 Å². The summed E-state index contributed by atoms with van der Waals surface area (Å²) in [6.45, 7) is 4.00. The van der Waals surface area contributed by atoms with Gasteiger partial charge in [-0.2, -0.15) is 0 Å². The summed E-state index contributed by atoms with van der Waals surface area (Å²) in [6, 6.07) is 3.52. The van der Waals surface area contributed by atoms with Crippen LogP contribution in [0.15, 0.2) is 33.9 Å². The quantitative estimate of drug-likeness (QED) is 0.930. The largest absolute Gasteiger partial charge is 0.346 e. The van der Waals surface area contributed by atoms with Gasteiger partial charge in [-0.3, -0.25) is 4.79 Å². The first-order chi connectivity index (χ1) is 6.61. The van der Waals surface area contributed by atoms with E-state index in [2.05, 4.69) is 48.7 Å². The lowest BCUT2D eigenvalue weighted by Crippen LogP contribution is -2.25. The average molecular weight is 320 g/mol. The second-order valence-electron chi connectivity index (χ2n) is 2.53. The van der Waals surface area contributed by atoms with E-state index in [9.17, 15) is 4.79 Å². The fourth-order valence-corrected chi connectivity index (χ4v) is 1.39. The molecule has 1 aromatic rings. The lowest BCUT2D eigenvalue weighted by Gasteiger charge is -2.04. The molecule has 1 aromatic heterocycles. The Kier molecular flexibility index (Phi) is 4.28. The van der Waals surface area contributed by atoms with E-state index in [4.69, 9.17) is 0 Å². The van der Waals surface area contributed by atoms with Crippen molar-refractivity contribution in [3.63, 3.8) is 0 Å². The Bertz CT molecular complexity index is 366. The number of carbonyl (C=O) groups excluding carboxylic acids is 1. The molecule has 0 saturated heterocycles. The van der Waals surface area contributed by atoms with Crippen molar-refractivity contribution in [2.45, 2.75) is 0 Å². The summed E-state index contributed by atoms with van der Waals surface area (Å²) in [5.74, 6) is -0.224. The van der Waals surface area contributed by atoms with Crippen LogP contribution in [0, 0.1) is 0 Å². The Hall–Kier alpha value is -0.680. The van der Waals surface area contributed by atoms with Crippen molar-refractivity contribution in [1.82, 2.24) is 10.3 Å². The van der Waals surface area contributed by atoms with Crippen molar-refractivity contribution in [2.24, 2.45) is 0 Å². The molecule has 5 heteroatoms. The minimum absolute atomic E-state index is 0.224. The van der Waals surface area contributed by atoms with Crippen LogP contribution in [0.3, 0.4) is 0 Å².